The summed E-state index contributed by atoms with van der Waals surface area (Å²) in [6.45, 7) is 2.88. The van der Waals surface area contributed by atoms with Crippen LogP contribution in [0.25, 0.3) is 5.57 Å². The van der Waals surface area contributed by atoms with Crippen LogP contribution >= 0.6 is 0 Å². The molecule has 0 aromatic carbocycles. The first-order chi connectivity index (χ1) is 6.81. The first-order valence-corrected chi connectivity index (χ1v) is 5.07. The lowest BCUT2D eigenvalue weighted by molar-refractivity contribution is -0.114. The Balaban J connectivity index is 2.29. The van der Waals surface area contributed by atoms with Gasteiger partial charge in [-0.25, -0.2) is 0 Å². The number of aryl methyl sites for hydroxylation is 1. The normalized spacial score (nSPS) is 16.9. The van der Waals surface area contributed by atoms with Gasteiger partial charge >= 0.3 is 0 Å². The molecule has 1 heterocycles. The zero-order valence-electron chi connectivity index (χ0n) is 8.36. The Labute approximate surface area is 83.4 Å². The van der Waals surface area contributed by atoms with Crippen molar-refractivity contribution in [2.24, 2.45) is 0 Å². The summed E-state index contributed by atoms with van der Waals surface area (Å²) in [4.78, 5) is 11.6. The minimum absolute atomic E-state index is 0.256. The predicted octanol–water partition coefficient (Wildman–Crippen LogP) is 2.04. The molecule has 1 aromatic heterocycles. The van der Waals surface area contributed by atoms with E-state index in [0.29, 0.717) is 6.42 Å². The molecule has 2 rings (SSSR count). The van der Waals surface area contributed by atoms with Gasteiger partial charge in [0, 0.05) is 30.3 Å². The van der Waals surface area contributed by atoms with Crippen LogP contribution in [0.2, 0.25) is 0 Å². The van der Waals surface area contributed by atoms with Crippen molar-refractivity contribution in [3.05, 3.63) is 24.0 Å². The third-order valence-electron chi connectivity index (χ3n) is 2.53. The summed E-state index contributed by atoms with van der Waals surface area (Å²) in [6, 6.07) is 0. The van der Waals surface area contributed by atoms with Gasteiger partial charge in [0.25, 0.3) is 0 Å². The van der Waals surface area contributed by atoms with Gasteiger partial charge in [0.1, 0.15) is 0 Å². The summed E-state index contributed by atoms with van der Waals surface area (Å²) < 4.78 is 1.85. The molecular formula is C11H14N2O. The molecule has 1 aromatic rings. The van der Waals surface area contributed by atoms with Gasteiger partial charge in [-0.3, -0.25) is 9.48 Å². The minimum atomic E-state index is 0.256. The second-order valence-corrected chi connectivity index (χ2v) is 3.52. The van der Waals surface area contributed by atoms with Crippen molar-refractivity contribution < 1.29 is 4.79 Å². The van der Waals surface area contributed by atoms with Gasteiger partial charge in [-0.15, -0.1) is 0 Å². The van der Waals surface area contributed by atoms with Crippen LogP contribution < -0.4 is 0 Å². The molecular weight excluding hydrogens is 176 g/mol. The van der Waals surface area contributed by atoms with Crippen molar-refractivity contribution in [3.8, 4) is 0 Å². The highest BCUT2D eigenvalue weighted by atomic mass is 16.1. The number of hydrogen-bond acceptors (Lipinski definition) is 2. The first kappa shape index (κ1) is 9.19. The highest BCUT2D eigenvalue weighted by Gasteiger charge is 2.16. The molecule has 0 unspecified atom stereocenters. The van der Waals surface area contributed by atoms with E-state index >= 15 is 0 Å². The molecule has 0 saturated carbocycles. The van der Waals surface area contributed by atoms with Crippen molar-refractivity contribution in [1.29, 1.82) is 0 Å². The van der Waals surface area contributed by atoms with Crippen molar-refractivity contribution in [2.75, 3.05) is 0 Å². The molecule has 0 atom stereocenters. The fourth-order valence-electron chi connectivity index (χ4n) is 1.71. The molecule has 3 nitrogen and oxygen atoms in total. The number of Topliss-reactive ketones (excluding diaryl/α,β-unsaturated/α-hetero) is 1. The summed E-state index contributed by atoms with van der Waals surface area (Å²) in [5.74, 6) is 0.256. The minimum Gasteiger partial charge on any atom is -0.294 e. The van der Waals surface area contributed by atoms with Crippen LogP contribution in [0.4, 0.5) is 0 Å². The number of allylic oxidation sites excluding steroid dienone is 2. The Bertz CT molecular complexity index is 376. The molecule has 0 radical (unpaired) electrons. The number of carbonyl (C=O) groups excluding carboxylic acids is 1. The van der Waals surface area contributed by atoms with E-state index in [-0.39, 0.29) is 5.78 Å². The van der Waals surface area contributed by atoms with E-state index in [2.05, 4.69) is 5.10 Å². The maximum absolute atomic E-state index is 11.6. The third kappa shape index (κ3) is 1.62. The van der Waals surface area contributed by atoms with E-state index in [1.54, 1.807) is 6.20 Å². The lowest BCUT2D eigenvalue weighted by Crippen LogP contribution is -2.05. The van der Waals surface area contributed by atoms with E-state index in [9.17, 15) is 4.79 Å². The molecule has 0 fully saturated rings. The summed E-state index contributed by atoms with van der Waals surface area (Å²) >= 11 is 0. The van der Waals surface area contributed by atoms with E-state index in [4.69, 9.17) is 0 Å². The summed E-state index contributed by atoms with van der Waals surface area (Å²) in [6.07, 6.45) is 8.43. The van der Waals surface area contributed by atoms with Crippen LogP contribution in [0.3, 0.4) is 0 Å². The van der Waals surface area contributed by atoms with Gasteiger partial charge in [-0.1, -0.05) is 6.08 Å². The van der Waals surface area contributed by atoms with Crippen LogP contribution in [0.1, 0.15) is 31.7 Å². The Morgan fingerprint density at radius 1 is 1.57 bits per heavy atom. The SMILES string of the molecule is CCn1cc(C2=CCCCC2=O)cn1. The van der Waals surface area contributed by atoms with Crippen LogP contribution in [0.5, 0.6) is 0 Å². The molecule has 0 bridgehead atoms. The van der Waals surface area contributed by atoms with Crippen molar-refractivity contribution in [3.63, 3.8) is 0 Å². The zero-order valence-corrected chi connectivity index (χ0v) is 8.36. The first-order valence-electron chi connectivity index (χ1n) is 5.07. The van der Waals surface area contributed by atoms with E-state index in [0.717, 1.165) is 30.5 Å². The molecule has 3 heteroatoms. The highest BCUT2D eigenvalue weighted by molar-refractivity contribution is 6.21. The molecule has 0 N–H and O–H groups in total. The summed E-state index contributed by atoms with van der Waals surface area (Å²) in [5, 5.41) is 4.17. The van der Waals surface area contributed by atoms with Crippen LogP contribution in [0, 0.1) is 0 Å². The average Bonchev–Trinajstić information content (AvgIpc) is 2.67. The molecule has 74 valence electrons. The molecule has 1 aliphatic carbocycles. The number of carbonyl (C=O) groups is 1. The highest BCUT2D eigenvalue weighted by Crippen LogP contribution is 2.23. The number of aromatic nitrogens is 2. The van der Waals surface area contributed by atoms with Gasteiger partial charge in [-0.2, -0.15) is 5.10 Å². The second-order valence-electron chi connectivity index (χ2n) is 3.52. The quantitative estimate of drug-likeness (QED) is 0.715. The van der Waals surface area contributed by atoms with Gasteiger partial charge in [0.2, 0.25) is 0 Å². The Morgan fingerprint density at radius 2 is 2.43 bits per heavy atom. The Hall–Kier alpha value is -1.38. The standard InChI is InChI=1S/C11H14N2O/c1-2-13-8-9(7-12-13)10-5-3-4-6-11(10)14/h5,7-8H,2-4,6H2,1H3. The van der Waals surface area contributed by atoms with E-state index in [1.807, 2.05) is 23.9 Å². The smallest absolute Gasteiger partial charge is 0.163 e. The maximum Gasteiger partial charge on any atom is 0.163 e. The molecule has 0 amide bonds. The van der Waals surface area contributed by atoms with Crippen molar-refractivity contribution >= 4 is 11.4 Å². The second kappa shape index (κ2) is 3.78. The summed E-state index contributed by atoms with van der Waals surface area (Å²) in [5.41, 5.74) is 1.83. The zero-order chi connectivity index (χ0) is 9.97. The predicted molar refractivity (Wildman–Crippen MR) is 54.7 cm³/mol. The lowest BCUT2D eigenvalue weighted by Gasteiger charge is -2.09. The van der Waals surface area contributed by atoms with Crippen molar-refractivity contribution in [2.45, 2.75) is 32.7 Å². The van der Waals surface area contributed by atoms with Gasteiger partial charge in [-0.05, 0) is 19.8 Å². The molecule has 1 aliphatic rings. The number of hydrogen-bond donors (Lipinski definition) is 0. The van der Waals surface area contributed by atoms with Gasteiger partial charge in [0.15, 0.2) is 5.78 Å². The molecule has 0 aliphatic heterocycles. The molecule has 14 heavy (non-hydrogen) atoms. The van der Waals surface area contributed by atoms with Crippen LogP contribution in [-0.4, -0.2) is 15.6 Å². The van der Waals surface area contributed by atoms with Gasteiger partial charge < -0.3 is 0 Å². The fourth-order valence-corrected chi connectivity index (χ4v) is 1.71. The van der Waals surface area contributed by atoms with E-state index < -0.39 is 0 Å². The number of ketones is 1. The number of rotatable bonds is 2. The monoisotopic (exact) mass is 190 g/mol. The fraction of sp³-hybridized carbons (Fsp3) is 0.455. The summed E-state index contributed by atoms with van der Waals surface area (Å²) in [7, 11) is 0. The average molecular weight is 190 g/mol. The van der Waals surface area contributed by atoms with E-state index in [1.165, 1.54) is 0 Å². The maximum atomic E-state index is 11.6. The largest absolute Gasteiger partial charge is 0.294 e. The third-order valence-corrected chi connectivity index (χ3v) is 2.53. The Kier molecular flexibility index (Phi) is 2.48. The topological polar surface area (TPSA) is 34.9 Å². The van der Waals surface area contributed by atoms with Crippen LogP contribution in [0.15, 0.2) is 18.5 Å². The van der Waals surface area contributed by atoms with Gasteiger partial charge in [0.05, 0.1) is 6.20 Å². The lowest BCUT2D eigenvalue weighted by atomic mass is 9.94. The van der Waals surface area contributed by atoms with Crippen LogP contribution in [-0.2, 0) is 11.3 Å². The van der Waals surface area contributed by atoms with Crippen molar-refractivity contribution in [1.82, 2.24) is 9.78 Å². The molecule has 0 spiro atoms. The molecule has 0 saturated heterocycles. The Morgan fingerprint density at radius 3 is 3.07 bits per heavy atom. The number of nitrogens with zero attached hydrogens (tertiary/aromatic N) is 2.